The molecule has 1 amide bonds. The van der Waals surface area contributed by atoms with Crippen molar-refractivity contribution in [1.82, 2.24) is 4.90 Å². The summed E-state index contributed by atoms with van der Waals surface area (Å²) in [4.78, 5) is 24.6. The highest BCUT2D eigenvalue weighted by Crippen LogP contribution is 2.23. The number of hydrogen-bond acceptors (Lipinski definition) is 4. The van der Waals surface area contributed by atoms with Gasteiger partial charge in [0.05, 0.1) is 13.7 Å². The number of carbonyl (C=O) groups excluding carboxylic acids is 2. The number of halogens is 1. The SMILES string of the molecule is COC(=O)C1CCC(F)CN1C(=O)OC(C)(C)C. The van der Waals surface area contributed by atoms with Gasteiger partial charge in [0.1, 0.15) is 17.8 Å². The molecular formula is C12H20FNO4. The number of likely N-dealkylation sites (tertiary alicyclic amines) is 1. The molecule has 1 fully saturated rings. The minimum atomic E-state index is -1.13. The molecule has 0 saturated carbocycles. The molecule has 1 saturated heterocycles. The molecule has 18 heavy (non-hydrogen) atoms. The van der Waals surface area contributed by atoms with Crippen molar-refractivity contribution >= 4 is 12.1 Å². The van der Waals surface area contributed by atoms with Crippen LogP contribution in [0.4, 0.5) is 9.18 Å². The van der Waals surface area contributed by atoms with Gasteiger partial charge in [0, 0.05) is 0 Å². The topological polar surface area (TPSA) is 55.8 Å². The standard InChI is InChI=1S/C12H20FNO4/c1-12(2,3)18-11(16)14-7-8(13)5-6-9(14)10(15)17-4/h8-9H,5-7H2,1-4H3. The van der Waals surface area contributed by atoms with Gasteiger partial charge in [-0.1, -0.05) is 0 Å². The first-order valence-corrected chi connectivity index (χ1v) is 5.96. The number of hydrogen-bond donors (Lipinski definition) is 0. The van der Waals surface area contributed by atoms with Crippen LogP contribution in [0, 0.1) is 0 Å². The third-order valence-corrected chi connectivity index (χ3v) is 2.63. The zero-order valence-corrected chi connectivity index (χ0v) is 11.2. The van der Waals surface area contributed by atoms with Gasteiger partial charge in [-0.05, 0) is 33.6 Å². The molecule has 1 rings (SSSR count). The van der Waals surface area contributed by atoms with Crippen molar-refractivity contribution in [2.75, 3.05) is 13.7 Å². The van der Waals surface area contributed by atoms with Crippen LogP contribution in [0.15, 0.2) is 0 Å². The summed E-state index contributed by atoms with van der Waals surface area (Å²) in [5.74, 6) is -0.534. The van der Waals surface area contributed by atoms with E-state index in [9.17, 15) is 14.0 Å². The van der Waals surface area contributed by atoms with Crippen LogP contribution in [-0.2, 0) is 14.3 Å². The molecule has 1 aliphatic heterocycles. The zero-order valence-electron chi connectivity index (χ0n) is 11.2. The van der Waals surface area contributed by atoms with E-state index in [1.807, 2.05) is 0 Å². The molecule has 0 aromatic rings. The van der Waals surface area contributed by atoms with Crippen LogP contribution in [-0.4, -0.2) is 48.4 Å². The lowest BCUT2D eigenvalue weighted by atomic mass is 10.0. The number of alkyl halides is 1. The summed E-state index contributed by atoms with van der Waals surface area (Å²) in [6.07, 6.45) is -1.30. The second kappa shape index (κ2) is 5.54. The number of methoxy groups -OCH3 is 1. The summed E-state index contributed by atoms with van der Waals surface area (Å²) in [7, 11) is 1.25. The lowest BCUT2D eigenvalue weighted by Crippen LogP contribution is -2.53. The van der Waals surface area contributed by atoms with Gasteiger partial charge in [0.25, 0.3) is 0 Å². The second-order valence-electron chi connectivity index (χ2n) is 5.35. The van der Waals surface area contributed by atoms with Crippen molar-refractivity contribution in [3.63, 3.8) is 0 Å². The van der Waals surface area contributed by atoms with Crippen LogP contribution < -0.4 is 0 Å². The Morgan fingerprint density at radius 2 is 1.89 bits per heavy atom. The van der Waals surface area contributed by atoms with E-state index in [4.69, 9.17) is 4.74 Å². The zero-order chi connectivity index (χ0) is 13.9. The molecule has 0 N–H and O–H groups in total. The number of ether oxygens (including phenoxy) is 2. The van der Waals surface area contributed by atoms with E-state index in [1.165, 1.54) is 7.11 Å². The molecule has 0 aliphatic carbocycles. The molecule has 1 heterocycles. The Bertz CT molecular complexity index is 327. The second-order valence-corrected chi connectivity index (χ2v) is 5.35. The number of carbonyl (C=O) groups is 2. The van der Waals surface area contributed by atoms with Crippen molar-refractivity contribution in [1.29, 1.82) is 0 Å². The fourth-order valence-corrected chi connectivity index (χ4v) is 1.83. The van der Waals surface area contributed by atoms with E-state index >= 15 is 0 Å². The Labute approximate surface area is 106 Å². The average molecular weight is 261 g/mol. The van der Waals surface area contributed by atoms with E-state index in [-0.39, 0.29) is 19.4 Å². The monoisotopic (exact) mass is 261 g/mol. The van der Waals surface area contributed by atoms with E-state index in [1.54, 1.807) is 20.8 Å². The highest BCUT2D eigenvalue weighted by molar-refractivity contribution is 5.81. The van der Waals surface area contributed by atoms with Gasteiger partial charge in [0.15, 0.2) is 0 Å². The third-order valence-electron chi connectivity index (χ3n) is 2.63. The number of esters is 1. The Kier molecular flexibility index (Phi) is 4.53. The minimum absolute atomic E-state index is 0.130. The van der Waals surface area contributed by atoms with Gasteiger partial charge in [0.2, 0.25) is 0 Å². The average Bonchev–Trinajstić information content (AvgIpc) is 2.25. The molecule has 0 aromatic heterocycles. The van der Waals surface area contributed by atoms with Crippen molar-refractivity contribution < 1.29 is 23.5 Å². The van der Waals surface area contributed by atoms with Crippen LogP contribution in [0.3, 0.4) is 0 Å². The molecule has 0 radical (unpaired) electrons. The smallest absolute Gasteiger partial charge is 0.411 e. The Hall–Kier alpha value is -1.33. The first kappa shape index (κ1) is 14.7. The van der Waals surface area contributed by atoms with Gasteiger partial charge in [-0.25, -0.2) is 14.0 Å². The first-order chi connectivity index (χ1) is 8.24. The normalized spacial score (nSPS) is 24.6. The molecule has 104 valence electrons. The maximum absolute atomic E-state index is 13.4. The Balaban J connectivity index is 2.78. The fourth-order valence-electron chi connectivity index (χ4n) is 1.83. The Morgan fingerprint density at radius 3 is 2.39 bits per heavy atom. The van der Waals surface area contributed by atoms with Gasteiger partial charge >= 0.3 is 12.1 Å². The summed E-state index contributed by atoms with van der Waals surface area (Å²) in [5.41, 5.74) is -0.680. The predicted molar refractivity (Wildman–Crippen MR) is 62.9 cm³/mol. The molecule has 2 atom stereocenters. The number of rotatable bonds is 1. The molecule has 6 heteroatoms. The summed E-state index contributed by atoms with van der Waals surface area (Å²) in [6, 6.07) is -0.753. The van der Waals surface area contributed by atoms with Crippen LogP contribution >= 0.6 is 0 Å². The van der Waals surface area contributed by atoms with E-state index in [2.05, 4.69) is 4.74 Å². The van der Waals surface area contributed by atoms with Gasteiger partial charge in [-0.2, -0.15) is 0 Å². The number of nitrogens with zero attached hydrogens (tertiary/aromatic N) is 1. The molecule has 0 bridgehead atoms. The van der Waals surface area contributed by atoms with Crippen molar-refractivity contribution in [3.05, 3.63) is 0 Å². The van der Waals surface area contributed by atoms with E-state index in [0.717, 1.165) is 4.90 Å². The highest BCUT2D eigenvalue weighted by atomic mass is 19.1. The molecule has 1 aliphatic rings. The predicted octanol–water partition coefficient (Wildman–Crippen LogP) is 1.90. The maximum Gasteiger partial charge on any atom is 0.411 e. The van der Waals surface area contributed by atoms with Gasteiger partial charge in [-0.3, -0.25) is 4.90 Å². The quantitative estimate of drug-likeness (QED) is 0.676. The molecule has 0 spiro atoms. The number of piperidine rings is 1. The van der Waals surface area contributed by atoms with Crippen molar-refractivity contribution in [3.8, 4) is 0 Å². The summed E-state index contributed by atoms with van der Waals surface area (Å²) in [5, 5.41) is 0. The molecule has 5 nitrogen and oxygen atoms in total. The van der Waals surface area contributed by atoms with E-state index in [0.29, 0.717) is 0 Å². The largest absolute Gasteiger partial charge is 0.467 e. The summed E-state index contributed by atoms with van der Waals surface area (Å²) >= 11 is 0. The summed E-state index contributed by atoms with van der Waals surface area (Å²) in [6.45, 7) is 5.02. The molecular weight excluding hydrogens is 241 g/mol. The van der Waals surface area contributed by atoms with E-state index < -0.39 is 29.9 Å². The minimum Gasteiger partial charge on any atom is -0.467 e. The van der Waals surface area contributed by atoms with Crippen LogP contribution in [0.2, 0.25) is 0 Å². The van der Waals surface area contributed by atoms with Crippen LogP contribution in [0.25, 0.3) is 0 Å². The van der Waals surface area contributed by atoms with Gasteiger partial charge < -0.3 is 9.47 Å². The lowest BCUT2D eigenvalue weighted by Gasteiger charge is -2.36. The maximum atomic E-state index is 13.4. The fraction of sp³-hybridized carbons (Fsp3) is 0.833. The van der Waals surface area contributed by atoms with Gasteiger partial charge in [-0.15, -0.1) is 0 Å². The van der Waals surface area contributed by atoms with Crippen molar-refractivity contribution in [2.24, 2.45) is 0 Å². The molecule has 0 aromatic carbocycles. The first-order valence-electron chi connectivity index (χ1n) is 5.96. The summed E-state index contributed by atoms with van der Waals surface area (Å²) < 4.78 is 23.2. The van der Waals surface area contributed by atoms with Crippen molar-refractivity contribution in [2.45, 2.75) is 51.4 Å². The highest BCUT2D eigenvalue weighted by Gasteiger charge is 2.38. The number of amides is 1. The van der Waals surface area contributed by atoms with Crippen LogP contribution in [0.5, 0.6) is 0 Å². The Morgan fingerprint density at radius 1 is 1.28 bits per heavy atom. The third kappa shape index (κ3) is 3.85. The van der Waals surface area contributed by atoms with Crippen LogP contribution in [0.1, 0.15) is 33.6 Å². The molecule has 2 unspecified atom stereocenters. The lowest BCUT2D eigenvalue weighted by molar-refractivity contribution is -0.148.